The molecule has 0 unspecified atom stereocenters. The van der Waals surface area contributed by atoms with Crippen LogP contribution in [0.15, 0.2) is 18.7 Å². The molecule has 3 N–H and O–H groups in total. The number of nitrogens with zero attached hydrogens (tertiary/aromatic N) is 5. The van der Waals surface area contributed by atoms with Crippen LogP contribution in [0.5, 0.6) is 0 Å². The lowest BCUT2D eigenvalue weighted by Gasteiger charge is -2.08. The third-order valence-electron chi connectivity index (χ3n) is 2.38. The number of hydrogen-bond acceptors (Lipinski definition) is 6. The summed E-state index contributed by atoms with van der Waals surface area (Å²) in [7, 11) is 0. The smallest absolute Gasteiger partial charge is 0.241 e. The average molecular weight is 247 g/mol. The molecule has 7 nitrogen and oxygen atoms in total. The van der Waals surface area contributed by atoms with Gasteiger partial charge in [0.05, 0.1) is 0 Å². The summed E-state index contributed by atoms with van der Waals surface area (Å²) in [6.07, 6.45) is 6.08. The lowest BCUT2D eigenvalue weighted by Crippen LogP contribution is -2.12. The van der Waals surface area contributed by atoms with Crippen LogP contribution in [0.1, 0.15) is 20.3 Å². The molecule has 18 heavy (non-hydrogen) atoms. The van der Waals surface area contributed by atoms with Gasteiger partial charge in [0.25, 0.3) is 0 Å². The molecule has 0 bridgehead atoms. The van der Waals surface area contributed by atoms with Crippen LogP contribution in [0, 0.1) is 5.92 Å². The number of anilines is 2. The van der Waals surface area contributed by atoms with E-state index in [4.69, 9.17) is 5.73 Å². The average Bonchev–Trinajstić information content (AvgIpc) is 2.81. The number of aromatic nitrogens is 5. The van der Waals surface area contributed by atoms with Crippen molar-refractivity contribution in [2.45, 2.75) is 20.3 Å². The van der Waals surface area contributed by atoms with Crippen molar-refractivity contribution in [2.75, 3.05) is 17.6 Å². The van der Waals surface area contributed by atoms with Gasteiger partial charge in [-0.3, -0.25) is 4.57 Å². The normalized spacial score (nSPS) is 10.8. The van der Waals surface area contributed by atoms with E-state index in [0.29, 0.717) is 17.8 Å². The molecular formula is C11H17N7. The van der Waals surface area contributed by atoms with Crippen LogP contribution in [0.25, 0.3) is 5.95 Å². The Morgan fingerprint density at radius 3 is 2.83 bits per heavy atom. The molecule has 2 rings (SSSR count). The van der Waals surface area contributed by atoms with Gasteiger partial charge in [0, 0.05) is 18.9 Å². The van der Waals surface area contributed by atoms with E-state index in [1.807, 2.05) is 0 Å². The monoisotopic (exact) mass is 247 g/mol. The van der Waals surface area contributed by atoms with E-state index in [9.17, 15) is 0 Å². The Morgan fingerprint density at radius 2 is 2.17 bits per heavy atom. The van der Waals surface area contributed by atoms with Gasteiger partial charge in [-0.1, -0.05) is 13.8 Å². The second kappa shape index (κ2) is 5.44. The third-order valence-corrected chi connectivity index (χ3v) is 2.38. The first-order valence-corrected chi connectivity index (χ1v) is 5.89. The van der Waals surface area contributed by atoms with Gasteiger partial charge < -0.3 is 11.1 Å². The van der Waals surface area contributed by atoms with Gasteiger partial charge in [0.1, 0.15) is 6.33 Å². The Bertz CT molecular complexity index is 492. The predicted molar refractivity (Wildman–Crippen MR) is 69.3 cm³/mol. The quantitative estimate of drug-likeness (QED) is 0.821. The molecule has 0 amide bonds. The molecule has 0 saturated heterocycles. The fourth-order valence-electron chi connectivity index (χ4n) is 1.43. The van der Waals surface area contributed by atoms with Gasteiger partial charge in [0.2, 0.25) is 17.8 Å². The van der Waals surface area contributed by atoms with Gasteiger partial charge in [-0.2, -0.15) is 15.0 Å². The molecule has 2 heterocycles. The van der Waals surface area contributed by atoms with E-state index in [-0.39, 0.29) is 5.95 Å². The number of nitrogens with two attached hydrogens (primary N) is 1. The zero-order chi connectivity index (χ0) is 13.0. The number of imidazole rings is 1. The van der Waals surface area contributed by atoms with E-state index in [1.54, 1.807) is 23.3 Å². The minimum absolute atomic E-state index is 0.195. The highest BCUT2D eigenvalue weighted by atomic mass is 15.3. The van der Waals surface area contributed by atoms with Crippen LogP contribution in [0.3, 0.4) is 0 Å². The largest absolute Gasteiger partial charge is 0.368 e. The lowest BCUT2D eigenvalue weighted by molar-refractivity contribution is 0.605. The zero-order valence-electron chi connectivity index (χ0n) is 10.5. The molecule has 2 aromatic heterocycles. The summed E-state index contributed by atoms with van der Waals surface area (Å²) in [5, 5.41) is 3.14. The summed E-state index contributed by atoms with van der Waals surface area (Å²) in [4.78, 5) is 16.3. The van der Waals surface area contributed by atoms with Crippen molar-refractivity contribution in [1.29, 1.82) is 0 Å². The Kier molecular flexibility index (Phi) is 3.71. The van der Waals surface area contributed by atoms with E-state index < -0.39 is 0 Å². The minimum atomic E-state index is 0.195. The molecule has 0 saturated carbocycles. The Labute approximate surface area is 106 Å². The van der Waals surface area contributed by atoms with Crippen molar-refractivity contribution in [2.24, 2.45) is 5.92 Å². The fraction of sp³-hybridized carbons (Fsp3) is 0.455. The maximum Gasteiger partial charge on any atom is 0.241 e. The van der Waals surface area contributed by atoms with Crippen molar-refractivity contribution in [1.82, 2.24) is 24.5 Å². The fourth-order valence-corrected chi connectivity index (χ4v) is 1.43. The summed E-state index contributed by atoms with van der Waals surface area (Å²) in [6, 6.07) is 0. The maximum atomic E-state index is 5.66. The van der Waals surface area contributed by atoms with Crippen LogP contribution in [-0.2, 0) is 0 Å². The van der Waals surface area contributed by atoms with E-state index in [0.717, 1.165) is 13.0 Å². The predicted octanol–water partition coefficient (Wildman–Crippen LogP) is 1.10. The molecular weight excluding hydrogens is 230 g/mol. The summed E-state index contributed by atoms with van der Waals surface area (Å²) in [6.45, 7) is 5.14. The Hall–Kier alpha value is -2.18. The first-order chi connectivity index (χ1) is 8.65. The first-order valence-electron chi connectivity index (χ1n) is 5.89. The Balaban J connectivity index is 2.12. The number of rotatable bonds is 5. The molecule has 7 heteroatoms. The number of hydrogen-bond donors (Lipinski definition) is 2. The minimum Gasteiger partial charge on any atom is -0.368 e. The van der Waals surface area contributed by atoms with Gasteiger partial charge in [-0.05, 0) is 12.3 Å². The standard InChI is InChI=1S/C11H17N7/c1-8(2)3-4-14-10-15-9(12)16-11(17-10)18-6-5-13-7-18/h5-8H,3-4H2,1-2H3,(H3,12,14,15,16,17). The topological polar surface area (TPSA) is 94.5 Å². The van der Waals surface area contributed by atoms with Crippen LogP contribution < -0.4 is 11.1 Å². The molecule has 0 spiro atoms. The maximum absolute atomic E-state index is 5.66. The first kappa shape index (κ1) is 12.3. The van der Waals surface area contributed by atoms with Crippen molar-refractivity contribution in [3.05, 3.63) is 18.7 Å². The van der Waals surface area contributed by atoms with Crippen molar-refractivity contribution < 1.29 is 0 Å². The van der Waals surface area contributed by atoms with Crippen molar-refractivity contribution in [3.8, 4) is 5.95 Å². The molecule has 0 aromatic carbocycles. The highest BCUT2D eigenvalue weighted by Crippen LogP contribution is 2.07. The summed E-state index contributed by atoms with van der Waals surface area (Å²) in [5.41, 5.74) is 5.66. The van der Waals surface area contributed by atoms with E-state index >= 15 is 0 Å². The van der Waals surface area contributed by atoms with Gasteiger partial charge in [-0.15, -0.1) is 0 Å². The lowest BCUT2D eigenvalue weighted by atomic mass is 10.1. The summed E-state index contributed by atoms with van der Waals surface area (Å²) >= 11 is 0. The Morgan fingerprint density at radius 1 is 1.33 bits per heavy atom. The molecule has 96 valence electrons. The van der Waals surface area contributed by atoms with E-state index in [1.165, 1.54) is 0 Å². The molecule has 0 atom stereocenters. The molecule has 2 aromatic rings. The second-order valence-corrected chi connectivity index (χ2v) is 4.40. The van der Waals surface area contributed by atoms with Crippen LogP contribution in [0.2, 0.25) is 0 Å². The van der Waals surface area contributed by atoms with Crippen molar-refractivity contribution in [3.63, 3.8) is 0 Å². The highest BCUT2D eigenvalue weighted by molar-refractivity contribution is 5.34. The second-order valence-electron chi connectivity index (χ2n) is 4.40. The number of nitrogen functional groups attached to an aromatic ring is 1. The molecule has 0 radical (unpaired) electrons. The third kappa shape index (κ3) is 3.16. The SMILES string of the molecule is CC(C)CCNc1nc(N)nc(-n2ccnc2)n1. The van der Waals surface area contributed by atoms with Crippen LogP contribution >= 0.6 is 0 Å². The van der Waals surface area contributed by atoms with E-state index in [2.05, 4.69) is 39.1 Å². The van der Waals surface area contributed by atoms with Crippen LogP contribution in [-0.4, -0.2) is 31.0 Å². The van der Waals surface area contributed by atoms with Gasteiger partial charge in [0.15, 0.2) is 0 Å². The molecule has 0 aliphatic rings. The molecule has 0 aliphatic carbocycles. The molecule has 0 aliphatic heterocycles. The molecule has 0 fully saturated rings. The summed E-state index contributed by atoms with van der Waals surface area (Å²) in [5.74, 6) is 1.78. The zero-order valence-corrected chi connectivity index (χ0v) is 10.5. The van der Waals surface area contributed by atoms with Crippen LogP contribution in [0.4, 0.5) is 11.9 Å². The van der Waals surface area contributed by atoms with Gasteiger partial charge in [-0.25, -0.2) is 4.98 Å². The highest BCUT2D eigenvalue weighted by Gasteiger charge is 2.05. The summed E-state index contributed by atoms with van der Waals surface area (Å²) < 4.78 is 1.69. The van der Waals surface area contributed by atoms with Crippen molar-refractivity contribution >= 4 is 11.9 Å². The van der Waals surface area contributed by atoms with Gasteiger partial charge >= 0.3 is 0 Å². The number of nitrogens with one attached hydrogen (secondary N) is 1.